The Balaban J connectivity index is 2.64. The zero-order valence-corrected chi connectivity index (χ0v) is 11.2. The highest BCUT2D eigenvalue weighted by Gasteiger charge is 2.20. The summed E-state index contributed by atoms with van der Waals surface area (Å²) in [5.74, 6) is 1.17. The van der Waals surface area contributed by atoms with Crippen LogP contribution in [0, 0.1) is 19.8 Å². The molecule has 17 heavy (non-hydrogen) atoms. The quantitative estimate of drug-likeness (QED) is 0.713. The fourth-order valence-electron chi connectivity index (χ4n) is 1.82. The molecule has 0 bridgehead atoms. The molecule has 0 aliphatic carbocycles. The van der Waals surface area contributed by atoms with E-state index in [4.69, 9.17) is 0 Å². The van der Waals surface area contributed by atoms with E-state index in [0.29, 0.717) is 6.54 Å². The molecule has 0 fully saturated rings. The van der Waals surface area contributed by atoms with E-state index in [1.54, 1.807) is 7.05 Å². The molecule has 5 heteroatoms. The summed E-state index contributed by atoms with van der Waals surface area (Å²) in [7, 11) is 1.66. The SMILES string of the molecule is CNC(=O)[C@@H](NCc1nc(C)[nH]c1C)C(C)C. The van der Waals surface area contributed by atoms with Gasteiger partial charge in [0, 0.05) is 19.3 Å². The van der Waals surface area contributed by atoms with Crippen LogP contribution >= 0.6 is 0 Å². The lowest BCUT2D eigenvalue weighted by atomic mass is 10.0. The van der Waals surface area contributed by atoms with E-state index >= 15 is 0 Å². The fourth-order valence-corrected chi connectivity index (χ4v) is 1.82. The molecule has 0 saturated carbocycles. The minimum Gasteiger partial charge on any atom is -0.358 e. The van der Waals surface area contributed by atoms with Gasteiger partial charge in [0.15, 0.2) is 0 Å². The summed E-state index contributed by atoms with van der Waals surface area (Å²) in [6, 6.07) is -0.184. The summed E-state index contributed by atoms with van der Waals surface area (Å²) in [4.78, 5) is 19.2. The Kier molecular flexibility index (Phi) is 4.69. The van der Waals surface area contributed by atoms with Crippen LogP contribution in [0.2, 0.25) is 0 Å². The highest BCUT2D eigenvalue weighted by molar-refractivity contribution is 5.81. The molecule has 96 valence electrons. The van der Waals surface area contributed by atoms with Gasteiger partial charge in [0.1, 0.15) is 5.82 Å². The molecule has 5 nitrogen and oxygen atoms in total. The molecule has 1 atom stereocenters. The van der Waals surface area contributed by atoms with E-state index in [2.05, 4.69) is 20.6 Å². The second-order valence-corrected chi connectivity index (χ2v) is 4.61. The molecular formula is C12H22N4O. The van der Waals surface area contributed by atoms with Crippen LogP contribution in [0.15, 0.2) is 0 Å². The van der Waals surface area contributed by atoms with Crippen molar-refractivity contribution in [2.24, 2.45) is 5.92 Å². The maximum absolute atomic E-state index is 11.7. The monoisotopic (exact) mass is 238 g/mol. The van der Waals surface area contributed by atoms with Crippen molar-refractivity contribution in [3.8, 4) is 0 Å². The third-order valence-electron chi connectivity index (χ3n) is 2.79. The van der Waals surface area contributed by atoms with Crippen molar-refractivity contribution >= 4 is 5.91 Å². The van der Waals surface area contributed by atoms with Crippen LogP contribution in [0.4, 0.5) is 0 Å². The zero-order chi connectivity index (χ0) is 13.0. The second kappa shape index (κ2) is 5.82. The van der Waals surface area contributed by atoms with Crippen molar-refractivity contribution in [1.82, 2.24) is 20.6 Å². The maximum atomic E-state index is 11.7. The average Bonchev–Trinajstić information content (AvgIpc) is 2.57. The van der Waals surface area contributed by atoms with Crippen LogP contribution in [-0.2, 0) is 11.3 Å². The molecule has 0 unspecified atom stereocenters. The molecule has 0 saturated heterocycles. The highest BCUT2D eigenvalue weighted by Crippen LogP contribution is 2.07. The highest BCUT2D eigenvalue weighted by atomic mass is 16.2. The van der Waals surface area contributed by atoms with Crippen LogP contribution in [0.25, 0.3) is 0 Å². The van der Waals surface area contributed by atoms with Crippen molar-refractivity contribution in [2.45, 2.75) is 40.3 Å². The molecule has 0 aromatic carbocycles. The average molecular weight is 238 g/mol. The Bertz CT molecular complexity index is 384. The number of carbonyl (C=O) groups excluding carboxylic acids is 1. The van der Waals surface area contributed by atoms with E-state index < -0.39 is 0 Å². The minimum absolute atomic E-state index is 0.0184. The van der Waals surface area contributed by atoms with Crippen molar-refractivity contribution in [1.29, 1.82) is 0 Å². The van der Waals surface area contributed by atoms with Crippen molar-refractivity contribution < 1.29 is 4.79 Å². The summed E-state index contributed by atoms with van der Waals surface area (Å²) in [6.07, 6.45) is 0. The molecule has 1 rings (SSSR count). The van der Waals surface area contributed by atoms with E-state index in [1.807, 2.05) is 27.7 Å². The van der Waals surface area contributed by atoms with Gasteiger partial charge in [0.05, 0.1) is 11.7 Å². The smallest absolute Gasteiger partial charge is 0.237 e. The Morgan fingerprint density at radius 1 is 1.41 bits per heavy atom. The Morgan fingerprint density at radius 3 is 2.47 bits per heavy atom. The number of hydrogen-bond acceptors (Lipinski definition) is 3. The Labute approximate surface area is 102 Å². The lowest BCUT2D eigenvalue weighted by Gasteiger charge is -2.20. The number of amides is 1. The first kappa shape index (κ1) is 13.7. The van der Waals surface area contributed by atoms with Gasteiger partial charge in [-0.1, -0.05) is 13.8 Å². The maximum Gasteiger partial charge on any atom is 0.237 e. The van der Waals surface area contributed by atoms with Gasteiger partial charge in [0.25, 0.3) is 0 Å². The molecule has 1 aromatic rings. The van der Waals surface area contributed by atoms with Gasteiger partial charge in [-0.3, -0.25) is 10.1 Å². The number of nitrogens with one attached hydrogen (secondary N) is 3. The Morgan fingerprint density at radius 2 is 2.06 bits per heavy atom. The number of nitrogens with zero attached hydrogens (tertiary/aromatic N) is 1. The molecule has 3 N–H and O–H groups in total. The molecular weight excluding hydrogens is 216 g/mol. The largest absolute Gasteiger partial charge is 0.358 e. The topological polar surface area (TPSA) is 69.8 Å². The van der Waals surface area contributed by atoms with Crippen LogP contribution in [0.3, 0.4) is 0 Å². The third-order valence-corrected chi connectivity index (χ3v) is 2.79. The second-order valence-electron chi connectivity index (χ2n) is 4.61. The number of aromatic amines is 1. The number of carbonyl (C=O) groups is 1. The van der Waals surface area contributed by atoms with Crippen molar-refractivity contribution in [3.05, 3.63) is 17.2 Å². The van der Waals surface area contributed by atoms with Crippen molar-refractivity contribution in [2.75, 3.05) is 7.05 Å². The van der Waals surface area contributed by atoms with Gasteiger partial charge < -0.3 is 10.3 Å². The summed E-state index contributed by atoms with van der Waals surface area (Å²) in [6.45, 7) is 8.56. The predicted octanol–water partition coefficient (Wildman–Crippen LogP) is 0.887. The van der Waals surface area contributed by atoms with E-state index in [-0.39, 0.29) is 17.9 Å². The number of aryl methyl sites for hydroxylation is 2. The number of rotatable bonds is 5. The number of likely N-dealkylation sites (N-methyl/N-ethyl adjacent to an activating group) is 1. The first-order valence-electron chi connectivity index (χ1n) is 5.92. The van der Waals surface area contributed by atoms with Gasteiger partial charge in [-0.2, -0.15) is 0 Å². The zero-order valence-electron chi connectivity index (χ0n) is 11.2. The van der Waals surface area contributed by atoms with Gasteiger partial charge >= 0.3 is 0 Å². The first-order chi connectivity index (χ1) is 7.95. The van der Waals surface area contributed by atoms with Gasteiger partial charge in [-0.15, -0.1) is 0 Å². The Hall–Kier alpha value is -1.36. The fraction of sp³-hybridized carbons (Fsp3) is 0.667. The van der Waals surface area contributed by atoms with Crippen LogP contribution < -0.4 is 10.6 Å². The van der Waals surface area contributed by atoms with Gasteiger partial charge in [-0.25, -0.2) is 4.98 Å². The lowest BCUT2D eigenvalue weighted by molar-refractivity contribution is -0.123. The van der Waals surface area contributed by atoms with Crippen LogP contribution in [0.5, 0.6) is 0 Å². The third kappa shape index (κ3) is 3.56. The molecule has 1 aromatic heterocycles. The number of imidazole rings is 1. The standard InChI is InChI=1S/C12H22N4O/c1-7(2)11(12(17)13-5)14-6-10-8(3)15-9(4)16-10/h7,11,14H,6H2,1-5H3,(H,13,17)(H,15,16)/t11-/m0/s1. The predicted molar refractivity (Wildman–Crippen MR) is 67.6 cm³/mol. The van der Waals surface area contributed by atoms with E-state index in [0.717, 1.165) is 17.2 Å². The molecule has 1 amide bonds. The number of H-pyrrole nitrogens is 1. The van der Waals surface area contributed by atoms with E-state index in [9.17, 15) is 4.79 Å². The normalized spacial score (nSPS) is 12.8. The summed E-state index contributed by atoms with van der Waals surface area (Å²) >= 11 is 0. The van der Waals surface area contributed by atoms with Gasteiger partial charge in [-0.05, 0) is 19.8 Å². The first-order valence-corrected chi connectivity index (χ1v) is 5.92. The molecule has 0 aliphatic rings. The van der Waals surface area contributed by atoms with Crippen LogP contribution in [-0.4, -0.2) is 29.0 Å². The molecule has 1 heterocycles. The molecule has 0 aliphatic heterocycles. The summed E-state index contributed by atoms with van der Waals surface area (Å²) in [5.41, 5.74) is 2.02. The lowest BCUT2D eigenvalue weighted by Crippen LogP contribution is -2.46. The minimum atomic E-state index is -0.184. The summed E-state index contributed by atoms with van der Waals surface area (Å²) < 4.78 is 0. The van der Waals surface area contributed by atoms with Gasteiger partial charge in [0.2, 0.25) is 5.91 Å². The number of aromatic nitrogens is 2. The van der Waals surface area contributed by atoms with Crippen LogP contribution in [0.1, 0.15) is 31.1 Å². The molecule has 0 spiro atoms. The number of hydrogen-bond donors (Lipinski definition) is 3. The van der Waals surface area contributed by atoms with E-state index in [1.165, 1.54) is 0 Å². The molecule has 0 radical (unpaired) electrons. The summed E-state index contributed by atoms with van der Waals surface area (Å²) in [5, 5.41) is 5.92. The van der Waals surface area contributed by atoms with Crippen molar-refractivity contribution in [3.63, 3.8) is 0 Å².